The summed E-state index contributed by atoms with van der Waals surface area (Å²) in [4.78, 5) is 8.91. The highest BCUT2D eigenvalue weighted by atomic mass is 15.4. The molecule has 0 saturated heterocycles. The molecule has 0 fully saturated rings. The molecule has 0 radical (unpaired) electrons. The summed E-state index contributed by atoms with van der Waals surface area (Å²) < 4.78 is 5.49. The predicted octanol–water partition coefficient (Wildman–Crippen LogP) is 1.86. The predicted molar refractivity (Wildman–Crippen MR) is 87.6 cm³/mol. The highest BCUT2D eigenvalue weighted by Gasteiger charge is 2.14. The molecule has 0 N–H and O–H groups in total. The number of fused-ring (bicyclic) bond motifs is 2. The van der Waals surface area contributed by atoms with E-state index < -0.39 is 0 Å². The first-order valence-corrected chi connectivity index (χ1v) is 7.43. The maximum atomic E-state index is 4.50. The highest BCUT2D eigenvalue weighted by Crippen LogP contribution is 2.25. The Morgan fingerprint density at radius 3 is 2.96 bits per heavy atom. The van der Waals surface area contributed by atoms with E-state index in [1.165, 1.54) is 0 Å². The van der Waals surface area contributed by atoms with Crippen molar-refractivity contribution >= 4 is 16.7 Å². The van der Waals surface area contributed by atoms with Gasteiger partial charge in [0, 0.05) is 37.5 Å². The summed E-state index contributed by atoms with van der Waals surface area (Å²) in [5.41, 5.74) is 4.43. The lowest BCUT2D eigenvalue weighted by Gasteiger charge is -2.07. The quantitative estimate of drug-likeness (QED) is 0.497. The first kappa shape index (κ1) is 12.9. The maximum absolute atomic E-state index is 4.50. The maximum Gasteiger partial charge on any atom is 0.165 e. The van der Waals surface area contributed by atoms with Crippen LogP contribution in [0.15, 0.2) is 55.2 Å². The molecule has 0 aliphatic carbocycles. The normalized spacial score (nSPS) is 11.5. The van der Waals surface area contributed by atoms with E-state index in [9.17, 15) is 0 Å². The highest BCUT2D eigenvalue weighted by molar-refractivity contribution is 5.78. The van der Waals surface area contributed by atoms with Crippen LogP contribution in [0.5, 0.6) is 0 Å². The van der Waals surface area contributed by atoms with Gasteiger partial charge in [0.2, 0.25) is 0 Å². The van der Waals surface area contributed by atoms with Gasteiger partial charge in [-0.25, -0.2) is 19.2 Å². The van der Waals surface area contributed by atoms with Gasteiger partial charge in [-0.3, -0.25) is 4.57 Å². The minimum absolute atomic E-state index is 0.769. The van der Waals surface area contributed by atoms with Crippen LogP contribution in [0.4, 0.5) is 0 Å². The van der Waals surface area contributed by atoms with E-state index in [1.807, 2.05) is 48.3 Å². The first-order valence-electron chi connectivity index (χ1n) is 7.43. The minimum Gasteiger partial charge on any atom is -0.300 e. The molecule has 0 atom stereocenters. The molecule has 0 aliphatic rings. The van der Waals surface area contributed by atoms with Gasteiger partial charge in [-0.15, -0.1) is 5.10 Å². The van der Waals surface area contributed by atoms with E-state index in [2.05, 4.69) is 25.4 Å². The van der Waals surface area contributed by atoms with Gasteiger partial charge in [0.15, 0.2) is 5.65 Å². The molecule has 1 aromatic carbocycles. The molecular weight excluding hydrogens is 304 g/mol. The van der Waals surface area contributed by atoms with Crippen LogP contribution in [0.2, 0.25) is 0 Å². The summed E-state index contributed by atoms with van der Waals surface area (Å²) in [6, 6.07) is 7.86. The first-order chi connectivity index (χ1) is 11.8. The van der Waals surface area contributed by atoms with Crippen molar-refractivity contribution in [3.05, 3.63) is 55.2 Å². The Morgan fingerprint density at radius 2 is 2.00 bits per heavy atom. The van der Waals surface area contributed by atoms with Gasteiger partial charge >= 0.3 is 0 Å². The van der Waals surface area contributed by atoms with Crippen molar-refractivity contribution in [2.45, 2.75) is 0 Å². The average molecular weight is 316 g/mol. The Labute approximate surface area is 136 Å². The van der Waals surface area contributed by atoms with Crippen molar-refractivity contribution in [2.75, 3.05) is 0 Å². The molecule has 0 saturated carbocycles. The molecule has 24 heavy (non-hydrogen) atoms. The van der Waals surface area contributed by atoms with Crippen LogP contribution in [0.25, 0.3) is 33.8 Å². The van der Waals surface area contributed by atoms with Crippen LogP contribution >= 0.6 is 0 Å². The minimum atomic E-state index is 0.769. The molecular formula is C16H12N8. The number of nitrogens with zero attached hydrogens (tertiary/aromatic N) is 8. The third-order valence-corrected chi connectivity index (χ3v) is 4.03. The van der Waals surface area contributed by atoms with E-state index in [-0.39, 0.29) is 0 Å². The van der Waals surface area contributed by atoms with Crippen LogP contribution in [0.3, 0.4) is 0 Å². The standard InChI is InChI=1S/C16H12N8/c1-22-14-4-3-11(9-13(14)20-21-22)23-8-6-18-15(23)12-10-19-24-7-2-5-17-16(12)24/h2-10H,1H3. The fraction of sp³-hybridized carbons (Fsp3) is 0.0625. The molecule has 4 aromatic heterocycles. The third-order valence-electron chi connectivity index (χ3n) is 4.03. The molecule has 5 aromatic rings. The van der Waals surface area contributed by atoms with E-state index in [0.29, 0.717) is 0 Å². The lowest BCUT2D eigenvalue weighted by Crippen LogP contribution is -1.97. The molecule has 0 aliphatic heterocycles. The summed E-state index contributed by atoms with van der Waals surface area (Å²) in [5.74, 6) is 0.784. The molecule has 116 valence electrons. The largest absolute Gasteiger partial charge is 0.300 e. The average Bonchev–Trinajstić information content (AvgIpc) is 3.32. The zero-order valence-corrected chi connectivity index (χ0v) is 12.8. The Bertz CT molecular complexity index is 1180. The Balaban J connectivity index is 1.71. The number of rotatable bonds is 2. The zero-order valence-electron chi connectivity index (χ0n) is 12.8. The monoisotopic (exact) mass is 316 g/mol. The van der Waals surface area contributed by atoms with E-state index in [1.54, 1.807) is 27.8 Å². The fourth-order valence-electron chi connectivity index (χ4n) is 2.87. The lowest BCUT2D eigenvalue weighted by atomic mass is 10.2. The van der Waals surface area contributed by atoms with Crippen LogP contribution < -0.4 is 0 Å². The summed E-state index contributed by atoms with van der Waals surface area (Å²) in [6.45, 7) is 0. The Kier molecular flexibility index (Phi) is 2.55. The summed E-state index contributed by atoms with van der Waals surface area (Å²) >= 11 is 0. The molecule has 0 spiro atoms. The van der Waals surface area contributed by atoms with Crippen molar-refractivity contribution in [1.29, 1.82) is 0 Å². The summed E-state index contributed by atoms with van der Waals surface area (Å²) in [5, 5.41) is 12.6. The smallest absolute Gasteiger partial charge is 0.165 e. The Hall–Kier alpha value is -3.55. The van der Waals surface area contributed by atoms with Crippen molar-refractivity contribution in [2.24, 2.45) is 7.05 Å². The van der Waals surface area contributed by atoms with Crippen molar-refractivity contribution in [1.82, 2.24) is 39.1 Å². The molecule has 0 amide bonds. The lowest BCUT2D eigenvalue weighted by molar-refractivity contribution is 0.736. The van der Waals surface area contributed by atoms with E-state index >= 15 is 0 Å². The van der Waals surface area contributed by atoms with Crippen molar-refractivity contribution in [3.63, 3.8) is 0 Å². The molecule has 5 rings (SSSR count). The fourth-order valence-corrected chi connectivity index (χ4v) is 2.87. The second kappa shape index (κ2) is 4.72. The van der Waals surface area contributed by atoms with Gasteiger partial charge < -0.3 is 0 Å². The topological polar surface area (TPSA) is 78.7 Å². The van der Waals surface area contributed by atoms with Gasteiger partial charge in [0.05, 0.1) is 17.3 Å². The second-order valence-corrected chi connectivity index (χ2v) is 5.45. The van der Waals surface area contributed by atoms with Crippen LogP contribution in [-0.4, -0.2) is 39.1 Å². The number of imidazole rings is 1. The second-order valence-electron chi connectivity index (χ2n) is 5.45. The number of aryl methyl sites for hydroxylation is 1. The summed E-state index contributed by atoms with van der Waals surface area (Å²) in [7, 11) is 1.88. The van der Waals surface area contributed by atoms with Gasteiger partial charge in [-0.05, 0) is 24.3 Å². The van der Waals surface area contributed by atoms with Gasteiger partial charge in [-0.2, -0.15) is 5.10 Å². The van der Waals surface area contributed by atoms with E-state index in [0.717, 1.165) is 33.8 Å². The van der Waals surface area contributed by atoms with Gasteiger partial charge in [-0.1, -0.05) is 5.21 Å². The zero-order chi connectivity index (χ0) is 16.1. The van der Waals surface area contributed by atoms with Crippen molar-refractivity contribution in [3.8, 4) is 17.1 Å². The molecule has 0 bridgehead atoms. The Morgan fingerprint density at radius 1 is 1.04 bits per heavy atom. The van der Waals surface area contributed by atoms with Crippen molar-refractivity contribution < 1.29 is 0 Å². The number of hydrogen-bond donors (Lipinski definition) is 0. The van der Waals surface area contributed by atoms with Crippen LogP contribution in [0, 0.1) is 0 Å². The number of aromatic nitrogens is 8. The van der Waals surface area contributed by atoms with Crippen LogP contribution in [0.1, 0.15) is 0 Å². The summed E-state index contributed by atoms with van der Waals surface area (Å²) in [6.07, 6.45) is 9.08. The van der Waals surface area contributed by atoms with E-state index in [4.69, 9.17) is 0 Å². The molecule has 8 heteroatoms. The van der Waals surface area contributed by atoms with Crippen LogP contribution in [-0.2, 0) is 7.05 Å². The molecule has 0 unspecified atom stereocenters. The molecule has 8 nitrogen and oxygen atoms in total. The number of benzene rings is 1. The third kappa shape index (κ3) is 1.76. The van der Waals surface area contributed by atoms with Gasteiger partial charge in [0.1, 0.15) is 11.3 Å². The number of hydrogen-bond acceptors (Lipinski definition) is 5. The molecule has 4 heterocycles. The van der Waals surface area contributed by atoms with Gasteiger partial charge in [0.25, 0.3) is 0 Å². The SMILES string of the molecule is Cn1nnc2cc(-n3ccnc3-c3cnn4cccnc34)ccc21.